The topological polar surface area (TPSA) is 70.0 Å². The van der Waals surface area contributed by atoms with Gasteiger partial charge in [-0.1, -0.05) is 18.2 Å². The van der Waals surface area contributed by atoms with Crippen molar-refractivity contribution in [2.24, 2.45) is 5.92 Å². The number of thiophene rings is 1. The molecule has 2 N–H and O–H groups in total. The number of aliphatic hydroxyl groups is 1. The Balaban J connectivity index is 1.90. The molecule has 2 heterocycles. The highest BCUT2D eigenvalue weighted by atomic mass is 32.1. The molecule has 0 aliphatic carbocycles. The summed E-state index contributed by atoms with van der Waals surface area (Å²) in [6.45, 7) is 0.891. The monoisotopic (exact) mass is 307 g/mol. The predicted octanol–water partition coefficient (Wildman–Crippen LogP) is 2.56. The van der Waals surface area contributed by atoms with Crippen molar-refractivity contribution < 1.29 is 19.7 Å². The van der Waals surface area contributed by atoms with E-state index in [1.54, 1.807) is 11.3 Å². The van der Waals surface area contributed by atoms with Crippen molar-refractivity contribution in [2.75, 3.05) is 26.3 Å². The van der Waals surface area contributed by atoms with Crippen molar-refractivity contribution in [3.05, 3.63) is 35.2 Å². The number of rotatable bonds is 2. The molecule has 1 aromatic heterocycles. The summed E-state index contributed by atoms with van der Waals surface area (Å²) in [6, 6.07) is 10.2. The van der Waals surface area contributed by atoms with E-state index in [1.165, 1.54) is 9.60 Å². The average molecular weight is 307 g/mol. The summed E-state index contributed by atoms with van der Waals surface area (Å²) in [4.78, 5) is 13.5. The quantitative estimate of drug-likeness (QED) is 0.894. The number of fused-ring (bicyclic) bond motifs is 1. The zero-order valence-electron chi connectivity index (χ0n) is 11.4. The molecule has 0 spiro atoms. The largest absolute Gasteiger partial charge is 0.465 e. The highest BCUT2D eigenvalue weighted by Gasteiger charge is 2.31. The van der Waals surface area contributed by atoms with Gasteiger partial charge < -0.3 is 19.8 Å². The summed E-state index contributed by atoms with van der Waals surface area (Å²) < 4.78 is 7.02. The molecule has 112 valence electrons. The predicted molar refractivity (Wildman–Crippen MR) is 80.7 cm³/mol. The van der Waals surface area contributed by atoms with Crippen molar-refractivity contribution in [2.45, 2.75) is 6.10 Å². The third-order valence-corrected chi connectivity index (χ3v) is 4.95. The van der Waals surface area contributed by atoms with Gasteiger partial charge in [0.1, 0.15) is 0 Å². The maximum Gasteiger partial charge on any atom is 0.407 e. The second-order valence-corrected chi connectivity index (χ2v) is 6.26. The van der Waals surface area contributed by atoms with E-state index < -0.39 is 6.09 Å². The van der Waals surface area contributed by atoms with Crippen LogP contribution in [0.3, 0.4) is 0 Å². The molecule has 2 atom stereocenters. The molecule has 0 bridgehead atoms. The summed E-state index contributed by atoms with van der Waals surface area (Å²) in [7, 11) is 0. The minimum Gasteiger partial charge on any atom is -0.465 e. The Kier molecular flexibility index (Phi) is 4.10. The number of amides is 1. The third kappa shape index (κ3) is 2.88. The molecule has 1 amide bonds. The molecule has 5 nitrogen and oxygen atoms in total. The molecule has 1 aromatic carbocycles. The van der Waals surface area contributed by atoms with Crippen molar-refractivity contribution in [1.82, 2.24) is 4.90 Å². The molecule has 0 radical (unpaired) electrons. The molecule has 3 rings (SSSR count). The summed E-state index contributed by atoms with van der Waals surface area (Å²) in [6.07, 6.45) is -1.22. The van der Waals surface area contributed by atoms with Crippen LogP contribution in [0.1, 0.15) is 11.0 Å². The van der Waals surface area contributed by atoms with Crippen LogP contribution in [0.5, 0.6) is 0 Å². The van der Waals surface area contributed by atoms with Gasteiger partial charge in [-0.15, -0.1) is 11.3 Å². The van der Waals surface area contributed by atoms with Crippen LogP contribution >= 0.6 is 11.3 Å². The number of hydrogen-bond acceptors (Lipinski definition) is 4. The Morgan fingerprint density at radius 3 is 2.95 bits per heavy atom. The zero-order valence-corrected chi connectivity index (χ0v) is 12.3. The van der Waals surface area contributed by atoms with E-state index in [-0.39, 0.29) is 18.6 Å². The van der Waals surface area contributed by atoms with Crippen molar-refractivity contribution in [3.8, 4) is 0 Å². The lowest BCUT2D eigenvalue weighted by molar-refractivity contribution is 0.0137. The Labute approximate surface area is 126 Å². The second kappa shape index (κ2) is 6.01. The molecular weight excluding hydrogens is 290 g/mol. The van der Waals surface area contributed by atoms with E-state index in [9.17, 15) is 9.90 Å². The van der Waals surface area contributed by atoms with Crippen molar-refractivity contribution in [3.63, 3.8) is 0 Å². The first-order valence-electron chi connectivity index (χ1n) is 6.88. The van der Waals surface area contributed by atoms with Crippen LogP contribution in [0, 0.1) is 5.92 Å². The lowest BCUT2D eigenvalue weighted by Gasteiger charge is -2.24. The lowest BCUT2D eigenvalue weighted by atomic mass is 10.0. The van der Waals surface area contributed by atoms with Crippen molar-refractivity contribution in [1.29, 1.82) is 0 Å². The van der Waals surface area contributed by atoms with Crippen molar-refractivity contribution >= 4 is 27.5 Å². The Morgan fingerprint density at radius 1 is 1.43 bits per heavy atom. The van der Waals surface area contributed by atoms with E-state index >= 15 is 0 Å². The minimum absolute atomic E-state index is 0.0946. The molecule has 2 aromatic rings. The molecular formula is C15H17NO4S. The first kappa shape index (κ1) is 14.3. The fourth-order valence-corrected chi connectivity index (χ4v) is 3.89. The summed E-state index contributed by atoms with van der Waals surface area (Å²) in [5, 5.41) is 19.9. The first-order chi connectivity index (χ1) is 10.2. The molecule has 21 heavy (non-hydrogen) atoms. The Bertz CT molecular complexity index is 608. The number of benzene rings is 1. The molecule has 0 saturated carbocycles. The van der Waals surface area contributed by atoms with E-state index in [1.807, 2.05) is 18.2 Å². The Hall–Kier alpha value is -1.63. The smallest absolute Gasteiger partial charge is 0.407 e. The first-order valence-corrected chi connectivity index (χ1v) is 7.69. The van der Waals surface area contributed by atoms with Gasteiger partial charge in [-0.05, 0) is 17.5 Å². The SMILES string of the molecule is O=C(O)N1CCOC(c2cc3ccccc3s2)C(CO)C1. The van der Waals surface area contributed by atoms with E-state index in [0.717, 1.165) is 10.3 Å². The molecule has 1 aliphatic heterocycles. The highest BCUT2D eigenvalue weighted by Crippen LogP contribution is 2.36. The number of nitrogens with zero attached hydrogens (tertiary/aromatic N) is 1. The van der Waals surface area contributed by atoms with Gasteiger partial charge in [0, 0.05) is 28.6 Å². The Morgan fingerprint density at radius 2 is 2.24 bits per heavy atom. The number of carboxylic acid groups (broad SMARTS) is 1. The van der Waals surface area contributed by atoms with Gasteiger partial charge in [-0.3, -0.25) is 0 Å². The molecule has 1 fully saturated rings. The minimum atomic E-state index is -0.964. The standard InChI is InChI=1S/C15H17NO4S/c17-9-11-8-16(15(18)19)5-6-20-14(11)13-7-10-3-1-2-4-12(10)21-13/h1-4,7,11,14,17H,5-6,8-9H2,(H,18,19). The van der Waals surface area contributed by atoms with Gasteiger partial charge in [-0.25, -0.2) is 4.79 Å². The fourth-order valence-electron chi connectivity index (χ4n) is 2.68. The van der Waals surface area contributed by atoms with E-state index in [4.69, 9.17) is 9.84 Å². The van der Waals surface area contributed by atoms with Crippen LogP contribution in [0.25, 0.3) is 10.1 Å². The number of ether oxygens (including phenoxy) is 1. The van der Waals surface area contributed by atoms with Gasteiger partial charge in [0.05, 0.1) is 19.3 Å². The van der Waals surface area contributed by atoms with Gasteiger partial charge in [0.15, 0.2) is 0 Å². The molecule has 6 heteroatoms. The maximum atomic E-state index is 11.1. The van der Waals surface area contributed by atoms with E-state index in [2.05, 4.69) is 12.1 Å². The number of carbonyl (C=O) groups is 1. The third-order valence-electron chi connectivity index (χ3n) is 3.77. The summed E-state index contributed by atoms with van der Waals surface area (Å²) in [5.41, 5.74) is 0. The van der Waals surface area contributed by atoms with Gasteiger partial charge >= 0.3 is 6.09 Å². The second-order valence-electron chi connectivity index (χ2n) is 5.15. The van der Waals surface area contributed by atoms with E-state index in [0.29, 0.717) is 19.7 Å². The van der Waals surface area contributed by atoms with Crippen LogP contribution in [-0.2, 0) is 4.74 Å². The zero-order chi connectivity index (χ0) is 14.8. The average Bonchev–Trinajstić information content (AvgIpc) is 2.78. The van der Waals surface area contributed by atoms with Crippen LogP contribution in [0.15, 0.2) is 30.3 Å². The number of hydrogen-bond donors (Lipinski definition) is 2. The summed E-state index contributed by atoms with van der Waals surface area (Å²) in [5.74, 6) is -0.239. The van der Waals surface area contributed by atoms with Gasteiger partial charge in [0.25, 0.3) is 0 Å². The van der Waals surface area contributed by atoms with Crippen LogP contribution in [-0.4, -0.2) is 47.5 Å². The number of aliphatic hydroxyl groups excluding tert-OH is 1. The van der Waals surface area contributed by atoms with Crippen LogP contribution < -0.4 is 0 Å². The highest BCUT2D eigenvalue weighted by molar-refractivity contribution is 7.19. The lowest BCUT2D eigenvalue weighted by Crippen LogP contribution is -2.36. The van der Waals surface area contributed by atoms with Crippen LogP contribution in [0.4, 0.5) is 4.79 Å². The molecule has 2 unspecified atom stereocenters. The molecule has 1 saturated heterocycles. The normalized spacial score (nSPS) is 23.2. The fraction of sp³-hybridized carbons (Fsp3) is 0.400. The summed E-state index contributed by atoms with van der Waals surface area (Å²) >= 11 is 1.64. The van der Waals surface area contributed by atoms with Gasteiger partial charge in [-0.2, -0.15) is 0 Å². The molecule has 1 aliphatic rings. The van der Waals surface area contributed by atoms with Crippen LogP contribution in [0.2, 0.25) is 0 Å². The van der Waals surface area contributed by atoms with Gasteiger partial charge in [0.2, 0.25) is 0 Å². The maximum absolute atomic E-state index is 11.1.